The molecule has 4 aromatic rings. The van der Waals surface area contributed by atoms with Crippen molar-refractivity contribution in [3.8, 4) is 23.1 Å². The summed E-state index contributed by atoms with van der Waals surface area (Å²) in [6.07, 6.45) is 2.26. The van der Waals surface area contributed by atoms with Gasteiger partial charge in [-0.05, 0) is 48.2 Å². The van der Waals surface area contributed by atoms with Crippen molar-refractivity contribution in [3.63, 3.8) is 0 Å². The van der Waals surface area contributed by atoms with Crippen LogP contribution in [0, 0.1) is 6.92 Å². The van der Waals surface area contributed by atoms with Crippen molar-refractivity contribution in [1.82, 2.24) is 15.0 Å². The lowest BCUT2D eigenvalue weighted by Gasteiger charge is -2.20. The third-order valence-electron chi connectivity index (χ3n) is 6.18. The number of ether oxygens (including phenoxy) is 5. The number of aryl methyl sites for hydroxylation is 1. The average Bonchev–Trinajstić information content (AvgIpc) is 3.00. The molecule has 1 N–H and O–H groups in total. The normalized spacial score (nSPS) is 11.4. The molecule has 0 amide bonds. The Labute approximate surface area is 266 Å². The van der Waals surface area contributed by atoms with Crippen LogP contribution in [-0.4, -0.2) is 49.8 Å². The summed E-state index contributed by atoms with van der Waals surface area (Å²) in [6, 6.07) is 14.7. The van der Waals surface area contributed by atoms with Crippen LogP contribution in [0.2, 0.25) is 5.02 Å². The summed E-state index contributed by atoms with van der Waals surface area (Å²) in [5.41, 5.74) is 1.50. The number of anilines is 1. The Morgan fingerprint density at radius 3 is 2.42 bits per heavy atom. The van der Waals surface area contributed by atoms with E-state index in [9.17, 15) is 13.2 Å². The summed E-state index contributed by atoms with van der Waals surface area (Å²) >= 11 is 6.38. The molecular formula is C31H33ClN4O8S. The lowest BCUT2D eigenvalue weighted by atomic mass is 9.87. The van der Waals surface area contributed by atoms with Crippen molar-refractivity contribution in [2.45, 2.75) is 44.6 Å². The van der Waals surface area contributed by atoms with Crippen LogP contribution in [0.25, 0.3) is 0 Å². The molecule has 0 saturated heterocycles. The third kappa shape index (κ3) is 9.19. The first kappa shape index (κ1) is 33.3. The van der Waals surface area contributed by atoms with E-state index in [4.69, 9.17) is 35.3 Å². The van der Waals surface area contributed by atoms with Crippen LogP contribution in [0.4, 0.5) is 10.6 Å². The maximum Gasteiger partial charge on any atom is 0.508 e. The van der Waals surface area contributed by atoms with Crippen molar-refractivity contribution >= 4 is 33.6 Å². The van der Waals surface area contributed by atoms with E-state index >= 15 is 0 Å². The van der Waals surface area contributed by atoms with Gasteiger partial charge in [-0.25, -0.2) is 18.2 Å². The van der Waals surface area contributed by atoms with E-state index < -0.39 is 16.2 Å². The van der Waals surface area contributed by atoms with E-state index in [1.165, 1.54) is 25.3 Å². The molecule has 0 radical (unpaired) electrons. The molecule has 0 aliphatic rings. The van der Waals surface area contributed by atoms with Crippen LogP contribution in [-0.2, 0) is 31.5 Å². The number of rotatable bonds is 12. The molecule has 0 atom stereocenters. The summed E-state index contributed by atoms with van der Waals surface area (Å²) in [7, 11) is -2.66. The van der Waals surface area contributed by atoms with Crippen LogP contribution in [0.1, 0.15) is 37.7 Å². The molecular weight excluding hydrogens is 624 g/mol. The largest absolute Gasteiger partial charge is 0.508 e. The first-order valence-electron chi connectivity index (χ1n) is 13.7. The summed E-state index contributed by atoms with van der Waals surface area (Å²) < 4.78 is 56.7. The van der Waals surface area contributed by atoms with Gasteiger partial charge < -0.3 is 23.7 Å². The maximum atomic E-state index is 13.5. The van der Waals surface area contributed by atoms with Crippen molar-refractivity contribution in [2.75, 3.05) is 25.0 Å². The fourth-order valence-corrected chi connectivity index (χ4v) is 5.01. The van der Waals surface area contributed by atoms with Crippen LogP contribution in [0.15, 0.2) is 71.9 Å². The van der Waals surface area contributed by atoms with Gasteiger partial charge in [-0.15, -0.1) is 0 Å². The molecule has 0 aliphatic carbocycles. The number of halogens is 1. The van der Waals surface area contributed by atoms with E-state index in [0.29, 0.717) is 11.3 Å². The highest BCUT2D eigenvalue weighted by atomic mass is 35.5. The topological polar surface area (TPSA) is 148 Å². The van der Waals surface area contributed by atoms with Gasteiger partial charge in [0.15, 0.2) is 5.82 Å². The molecule has 2 heterocycles. The molecule has 12 nitrogen and oxygen atoms in total. The van der Waals surface area contributed by atoms with Gasteiger partial charge in [-0.3, -0.25) is 9.71 Å². The highest BCUT2D eigenvalue weighted by Crippen LogP contribution is 2.41. The highest BCUT2D eigenvalue weighted by molar-refractivity contribution is 7.92. The quantitative estimate of drug-likeness (QED) is 0.132. The number of methoxy groups -OCH3 is 1. The standard InChI is InChI=1S/C31H33ClN4O8S/c1-20-34-28(36-45(38,39)24-11-8-22(9-12-24)31(2,3)4)27(44-26-17-23(40-5)10-13-25(26)32)29(35-20)41-15-16-42-30(37)43-19-21-7-6-14-33-18-21/h6-14,17-18H,15-16,19H2,1-5H3,(H,34,35,36). The first-order valence-corrected chi connectivity index (χ1v) is 15.6. The van der Waals surface area contributed by atoms with Gasteiger partial charge in [0, 0.05) is 24.0 Å². The number of nitrogens with zero attached hydrogens (tertiary/aromatic N) is 3. The zero-order valence-corrected chi connectivity index (χ0v) is 26.9. The van der Waals surface area contributed by atoms with Gasteiger partial charge in [-0.2, -0.15) is 4.98 Å². The summed E-state index contributed by atoms with van der Waals surface area (Å²) in [4.78, 5) is 24.6. The fraction of sp³-hybridized carbons (Fsp3) is 0.290. The van der Waals surface area contributed by atoms with Gasteiger partial charge in [0.1, 0.15) is 37.1 Å². The lowest BCUT2D eigenvalue weighted by Crippen LogP contribution is -2.18. The number of carbonyl (C=O) groups is 1. The van der Waals surface area contributed by atoms with Crippen LogP contribution >= 0.6 is 11.6 Å². The van der Waals surface area contributed by atoms with Gasteiger partial charge in [0.2, 0.25) is 5.75 Å². The molecule has 4 rings (SSSR count). The minimum Gasteiger partial charge on any atom is -0.497 e. The molecule has 0 aliphatic heterocycles. The van der Waals surface area contributed by atoms with Gasteiger partial charge in [0.05, 0.1) is 17.0 Å². The predicted octanol–water partition coefficient (Wildman–Crippen LogP) is 6.46. The van der Waals surface area contributed by atoms with Crippen LogP contribution in [0.3, 0.4) is 0 Å². The Morgan fingerprint density at radius 1 is 1.00 bits per heavy atom. The summed E-state index contributed by atoms with van der Waals surface area (Å²) in [6.45, 7) is 7.24. The number of nitrogens with one attached hydrogen (secondary N) is 1. The third-order valence-corrected chi connectivity index (χ3v) is 7.85. The van der Waals surface area contributed by atoms with Crippen molar-refractivity contribution < 1.29 is 36.9 Å². The van der Waals surface area contributed by atoms with E-state index in [1.54, 1.807) is 55.7 Å². The molecule has 0 fully saturated rings. The lowest BCUT2D eigenvalue weighted by molar-refractivity contribution is 0.0406. The molecule has 2 aromatic heterocycles. The maximum absolute atomic E-state index is 13.5. The zero-order valence-electron chi connectivity index (χ0n) is 25.4. The summed E-state index contributed by atoms with van der Waals surface area (Å²) in [5.74, 6) is 0.224. The Balaban J connectivity index is 1.57. The Hall–Kier alpha value is -4.62. The van der Waals surface area contributed by atoms with Gasteiger partial charge in [0.25, 0.3) is 15.9 Å². The van der Waals surface area contributed by atoms with Crippen molar-refractivity contribution in [1.29, 1.82) is 0 Å². The molecule has 2 aromatic carbocycles. The average molecular weight is 657 g/mol. The molecule has 45 heavy (non-hydrogen) atoms. The van der Waals surface area contributed by atoms with Crippen LogP contribution < -0.4 is 18.9 Å². The smallest absolute Gasteiger partial charge is 0.497 e. The Bertz CT molecular complexity index is 1730. The van der Waals surface area contributed by atoms with E-state index in [2.05, 4.69) is 19.7 Å². The van der Waals surface area contributed by atoms with E-state index in [-0.39, 0.29) is 64.2 Å². The first-order chi connectivity index (χ1) is 21.4. The fourth-order valence-electron chi connectivity index (χ4n) is 3.85. The number of pyridine rings is 1. The number of hydrogen-bond acceptors (Lipinski definition) is 11. The number of carbonyl (C=O) groups excluding carboxylic acids is 1. The Morgan fingerprint density at radius 2 is 1.76 bits per heavy atom. The van der Waals surface area contributed by atoms with Crippen molar-refractivity contribution in [2.24, 2.45) is 0 Å². The molecule has 0 unspecified atom stereocenters. The van der Waals surface area contributed by atoms with Gasteiger partial charge in [-0.1, -0.05) is 50.6 Å². The van der Waals surface area contributed by atoms with E-state index in [1.807, 2.05) is 20.8 Å². The number of aromatic nitrogens is 3. The molecule has 14 heteroatoms. The number of benzene rings is 2. The monoisotopic (exact) mass is 656 g/mol. The van der Waals surface area contributed by atoms with E-state index in [0.717, 1.165) is 5.56 Å². The highest BCUT2D eigenvalue weighted by Gasteiger charge is 2.25. The second-order valence-electron chi connectivity index (χ2n) is 10.6. The zero-order chi connectivity index (χ0) is 32.6. The Kier molecular flexibility index (Phi) is 10.7. The second-order valence-corrected chi connectivity index (χ2v) is 12.7. The minimum absolute atomic E-state index is 0.0118. The minimum atomic E-state index is -4.14. The molecule has 238 valence electrons. The molecule has 0 bridgehead atoms. The number of sulfonamides is 1. The van der Waals surface area contributed by atoms with Crippen molar-refractivity contribution in [3.05, 3.63) is 89.0 Å². The SMILES string of the molecule is COc1ccc(Cl)c(Oc2c(NS(=O)(=O)c3ccc(C(C)(C)C)cc3)nc(C)nc2OCCOC(=O)OCc2cccnc2)c1. The second kappa shape index (κ2) is 14.4. The summed E-state index contributed by atoms with van der Waals surface area (Å²) in [5, 5.41) is 0.202. The number of hydrogen-bond donors (Lipinski definition) is 1. The molecule has 0 spiro atoms. The van der Waals surface area contributed by atoms with Crippen LogP contribution in [0.5, 0.6) is 23.1 Å². The predicted molar refractivity (Wildman–Crippen MR) is 167 cm³/mol. The van der Waals surface area contributed by atoms with Gasteiger partial charge >= 0.3 is 6.16 Å². The molecule has 0 saturated carbocycles.